The minimum absolute atomic E-state index is 0.0186. The Morgan fingerprint density at radius 2 is 1.55 bits per heavy atom. The van der Waals surface area contributed by atoms with Gasteiger partial charge in [0.1, 0.15) is 5.82 Å². The number of amides is 1. The van der Waals surface area contributed by atoms with Gasteiger partial charge in [-0.3, -0.25) is 4.79 Å². The first kappa shape index (κ1) is 22.8. The van der Waals surface area contributed by atoms with Crippen molar-refractivity contribution >= 4 is 17.7 Å². The Morgan fingerprint density at radius 1 is 0.909 bits per heavy atom. The summed E-state index contributed by atoms with van der Waals surface area (Å²) in [7, 11) is 0. The van der Waals surface area contributed by atoms with Gasteiger partial charge in [0.05, 0.1) is 11.8 Å². The number of nitrogens with zero attached hydrogens (tertiary/aromatic N) is 3. The van der Waals surface area contributed by atoms with Crippen LogP contribution in [-0.2, 0) is 17.8 Å². The molecular weight excluding hydrogens is 428 g/mol. The summed E-state index contributed by atoms with van der Waals surface area (Å²) in [6.45, 7) is 4.85. The number of hydrogen-bond donors (Lipinski definition) is 1. The lowest BCUT2D eigenvalue weighted by Crippen LogP contribution is -2.28. The third-order valence-corrected chi connectivity index (χ3v) is 6.51. The zero-order valence-electron chi connectivity index (χ0n) is 18.9. The van der Waals surface area contributed by atoms with Crippen LogP contribution in [0.1, 0.15) is 36.8 Å². The van der Waals surface area contributed by atoms with E-state index in [1.807, 2.05) is 43.3 Å². The van der Waals surface area contributed by atoms with E-state index in [1.54, 1.807) is 0 Å². The second kappa shape index (κ2) is 11.0. The van der Waals surface area contributed by atoms with Crippen molar-refractivity contribution in [3.8, 4) is 11.1 Å². The summed E-state index contributed by atoms with van der Waals surface area (Å²) in [6.07, 6.45) is 0.727. The lowest BCUT2D eigenvalue weighted by atomic mass is 10.0. The van der Waals surface area contributed by atoms with Crippen molar-refractivity contribution in [3.63, 3.8) is 0 Å². The zero-order chi connectivity index (χ0) is 23.0. The normalized spacial score (nSPS) is 11.8. The Labute approximate surface area is 199 Å². The van der Waals surface area contributed by atoms with Crippen molar-refractivity contribution in [1.82, 2.24) is 20.1 Å². The number of nitrogens with one attached hydrogen (secondary N) is 1. The third kappa shape index (κ3) is 5.90. The van der Waals surface area contributed by atoms with Crippen molar-refractivity contribution in [3.05, 3.63) is 102 Å². The predicted molar refractivity (Wildman–Crippen MR) is 134 cm³/mol. The van der Waals surface area contributed by atoms with Gasteiger partial charge in [-0.05, 0) is 36.1 Å². The van der Waals surface area contributed by atoms with Gasteiger partial charge in [-0.25, -0.2) is 0 Å². The molecule has 4 aromatic rings. The molecule has 0 spiro atoms. The highest BCUT2D eigenvalue weighted by Gasteiger charge is 2.15. The summed E-state index contributed by atoms with van der Waals surface area (Å²) < 4.78 is 2.08. The van der Waals surface area contributed by atoms with Crippen molar-refractivity contribution in [2.75, 3.05) is 5.75 Å². The SMILES string of the molecule is CCn1c(Cc2ccccc2)nnc1SCC(=O)NC(C)c1ccc(-c2ccccc2)cc1. The van der Waals surface area contributed by atoms with Crippen molar-refractivity contribution in [2.24, 2.45) is 0 Å². The van der Waals surface area contributed by atoms with E-state index in [2.05, 4.69) is 75.5 Å². The second-order valence-corrected chi connectivity index (χ2v) is 8.81. The second-order valence-electron chi connectivity index (χ2n) is 7.87. The monoisotopic (exact) mass is 456 g/mol. The van der Waals surface area contributed by atoms with E-state index in [1.165, 1.54) is 28.5 Å². The van der Waals surface area contributed by atoms with Crippen LogP contribution >= 0.6 is 11.8 Å². The summed E-state index contributed by atoms with van der Waals surface area (Å²) in [5, 5.41) is 12.6. The largest absolute Gasteiger partial charge is 0.349 e. The third-order valence-electron chi connectivity index (χ3n) is 5.54. The fourth-order valence-corrected chi connectivity index (χ4v) is 4.58. The molecule has 0 bridgehead atoms. The Kier molecular flexibility index (Phi) is 7.58. The van der Waals surface area contributed by atoms with Gasteiger partial charge in [0, 0.05) is 13.0 Å². The van der Waals surface area contributed by atoms with E-state index in [9.17, 15) is 4.79 Å². The molecule has 0 aliphatic rings. The van der Waals surface area contributed by atoms with Crippen molar-refractivity contribution in [2.45, 2.75) is 38.0 Å². The average Bonchev–Trinajstić information content (AvgIpc) is 3.25. The minimum atomic E-state index is -0.0689. The molecule has 5 nitrogen and oxygen atoms in total. The van der Waals surface area contributed by atoms with Crippen LogP contribution in [0.4, 0.5) is 0 Å². The number of hydrogen-bond acceptors (Lipinski definition) is 4. The lowest BCUT2D eigenvalue weighted by Gasteiger charge is -2.15. The molecule has 4 rings (SSSR count). The molecule has 0 aliphatic heterocycles. The molecule has 1 amide bonds. The number of rotatable bonds is 9. The molecule has 1 atom stereocenters. The highest BCUT2D eigenvalue weighted by Crippen LogP contribution is 2.23. The number of carbonyl (C=O) groups is 1. The van der Waals surface area contributed by atoms with E-state index in [-0.39, 0.29) is 11.9 Å². The minimum Gasteiger partial charge on any atom is -0.349 e. The molecular formula is C27H28N4OS. The maximum absolute atomic E-state index is 12.6. The highest BCUT2D eigenvalue weighted by atomic mass is 32.2. The Bertz CT molecular complexity index is 1170. The van der Waals surface area contributed by atoms with Gasteiger partial charge in [-0.15, -0.1) is 10.2 Å². The van der Waals surface area contributed by atoms with Crippen molar-refractivity contribution < 1.29 is 4.79 Å². The van der Waals surface area contributed by atoms with Gasteiger partial charge in [-0.1, -0.05) is 96.7 Å². The standard InChI is InChI=1S/C27H28N4OS/c1-3-31-25(18-21-10-6-4-7-11-21)29-30-27(31)33-19-26(32)28-20(2)22-14-16-24(17-15-22)23-12-8-5-9-13-23/h4-17,20H,3,18-19H2,1-2H3,(H,28,32). The maximum atomic E-state index is 12.6. The smallest absolute Gasteiger partial charge is 0.230 e. The van der Waals surface area contributed by atoms with Crippen LogP contribution in [0.2, 0.25) is 0 Å². The molecule has 0 aliphatic carbocycles. The summed E-state index contributed by atoms with van der Waals surface area (Å²) in [4.78, 5) is 12.6. The van der Waals surface area contributed by atoms with E-state index >= 15 is 0 Å². The van der Waals surface area contributed by atoms with Crippen molar-refractivity contribution in [1.29, 1.82) is 0 Å². The molecule has 6 heteroatoms. The van der Waals surface area contributed by atoms with Gasteiger partial charge in [0.2, 0.25) is 5.91 Å². The highest BCUT2D eigenvalue weighted by molar-refractivity contribution is 7.99. The Hall–Kier alpha value is -3.38. The summed E-state index contributed by atoms with van der Waals surface area (Å²) >= 11 is 1.43. The molecule has 0 saturated heterocycles. The topological polar surface area (TPSA) is 59.8 Å². The first-order valence-electron chi connectivity index (χ1n) is 11.2. The molecule has 33 heavy (non-hydrogen) atoms. The summed E-state index contributed by atoms with van der Waals surface area (Å²) in [6, 6.07) is 28.8. The summed E-state index contributed by atoms with van der Waals surface area (Å²) in [5.74, 6) is 1.20. The van der Waals surface area contributed by atoms with E-state index < -0.39 is 0 Å². The molecule has 0 fully saturated rings. The number of thioether (sulfide) groups is 1. The fraction of sp³-hybridized carbons (Fsp3) is 0.222. The molecule has 1 aromatic heterocycles. The molecule has 0 saturated carbocycles. The Balaban J connectivity index is 1.33. The number of carbonyl (C=O) groups excluding carboxylic acids is 1. The molecule has 168 valence electrons. The van der Waals surface area contributed by atoms with E-state index in [4.69, 9.17) is 0 Å². The zero-order valence-corrected chi connectivity index (χ0v) is 19.8. The molecule has 0 radical (unpaired) electrons. The summed E-state index contributed by atoms with van der Waals surface area (Å²) in [5.41, 5.74) is 4.62. The van der Waals surface area contributed by atoms with Crippen LogP contribution < -0.4 is 5.32 Å². The van der Waals surface area contributed by atoms with Crippen LogP contribution in [-0.4, -0.2) is 26.4 Å². The Morgan fingerprint density at radius 3 is 2.21 bits per heavy atom. The average molecular weight is 457 g/mol. The quantitative estimate of drug-likeness (QED) is 0.337. The van der Waals surface area contributed by atoms with Gasteiger partial charge in [-0.2, -0.15) is 0 Å². The first-order valence-corrected chi connectivity index (χ1v) is 12.2. The van der Waals surface area contributed by atoms with E-state index in [0.717, 1.165) is 29.5 Å². The van der Waals surface area contributed by atoms with Crippen LogP contribution in [0.15, 0.2) is 90.1 Å². The molecule has 3 aromatic carbocycles. The molecule has 1 heterocycles. The first-order chi connectivity index (χ1) is 16.1. The van der Waals surface area contributed by atoms with Gasteiger partial charge in [0.25, 0.3) is 0 Å². The van der Waals surface area contributed by atoms with Crippen LogP contribution in [0.25, 0.3) is 11.1 Å². The van der Waals surface area contributed by atoms with Gasteiger partial charge in [0.15, 0.2) is 5.16 Å². The van der Waals surface area contributed by atoms with E-state index in [0.29, 0.717) is 5.75 Å². The predicted octanol–water partition coefficient (Wildman–Crippen LogP) is 5.53. The van der Waals surface area contributed by atoms with Gasteiger partial charge >= 0.3 is 0 Å². The fourth-order valence-electron chi connectivity index (χ4n) is 3.74. The van der Waals surface area contributed by atoms with Crippen LogP contribution in [0.3, 0.4) is 0 Å². The lowest BCUT2D eigenvalue weighted by molar-refractivity contribution is -0.119. The maximum Gasteiger partial charge on any atom is 0.230 e. The molecule has 1 unspecified atom stereocenters. The number of benzene rings is 3. The molecule has 1 N–H and O–H groups in total. The number of aromatic nitrogens is 3. The van der Waals surface area contributed by atoms with Crippen LogP contribution in [0.5, 0.6) is 0 Å². The van der Waals surface area contributed by atoms with Gasteiger partial charge < -0.3 is 9.88 Å². The van der Waals surface area contributed by atoms with Crippen LogP contribution in [0, 0.1) is 0 Å².